The molecule has 0 aliphatic carbocycles. The van der Waals surface area contributed by atoms with Crippen molar-refractivity contribution in [2.24, 2.45) is 5.10 Å². The maximum absolute atomic E-state index is 6.16. The van der Waals surface area contributed by atoms with Gasteiger partial charge in [-0.2, -0.15) is 5.10 Å². The molecule has 5 nitrogen and oxygen atoms in total. The van der Waals surface area contributed by atoms with Gasteiger partial charge in [-0.05, 0) is 48.5 Å². The molecule has 0 heterocycles. The van der Waals surface area contributed by atoms with Gasteiger partial charge in [0, 0.05) is 17.1 Å². The molecule has 2 aromatic rings. The molecule has 2 N–H and O–H groups in total. The zero-order valence-electron chi connectivity index (χ0n) is 15.5. The van der Waals surface area contributed by atoms with Gasteiger partial charge in [0.15, 0.2) is 16.6 Å². The van der Waals surface area contributed by atoms with E-state index in [2.05, 4.69) is 22.8 Å². The summed E-state index contributed by atoms with van der Waals surface area (Å²) in [4.78, 5) is 0. The van der Waals surface area contributed by atoms with E-state index in [1.807, 2.05) is 42.5 Å². The van der Waals surface area contributed by atoms with Crippen LogP contribution in [-0.2, 0) is 6.61 Å². The number of rotatable bonds is 9. The lowest BCUT2D eigenvalue weighted by molar-refractivity contribution is 0.284. The second kappa shape index (κ2) is 11.4. The highest BCUT2D eigenvalue weighted by Crippen LogP contribution is 2.29. The Bertz CT molecular complexity index is 784. The Kier molecular flexibility index (Phi) is 8.87. The van der Waals surface area contributed by atoms with Crippen molar-refractivity contribution < 1.29 is 9.47 Å². The third kappa shape index (κ3) is 7.07. The summed E-state index contributed by atoms with van der Waals surface area (Å²) >= 11 is 11.3. The van der Waals surface area contributed by atoms with E-state index in [0.29, 0.717) is 28.2 Å². The standard InChI is InChI=1S/C20H24ClN3O2S/c1-3-4-11-22-20(27)24-23-13-15-9-10-18(19(12-15)25-2)26-14-16-7-5-6-8-17(16)21/h5-10,12-13H,3-4,11,14H2,1-2H3,(H2,22,24,27). The Morgan fingerprint density at radius 3 is 2.78 bits per heavy atom. The first-order valence-electron chi connectivity index (χ1n) is 8.75. The van der Waals surface area contributed by atoms with Crippen molar-refractivity contribution in [3.63, 3.8) is 0 Å². The Hall–Kier alpha value is -2.31. The summed E-state index contributed by atoms with van der Waals surface area (Å²) < 4.78 is 11.3. The summed E-state index contributed by atoms with van der Waals surface area (Å²) in [6, 6.07) is 13.2. The number of benzene rings is 2. The van der Waals surface area contributed by atoms with Crippen LogP contribution in [0, 0.1) is 0 Å². The second-order valence-electron chi connectivity index (χ2n) is 5.77. The number of unbranched alkanes of at least 4 members (excludes halogenated alkanes) is 1. The van der Waals surface area contributed by atoms with E-state index in [-0.39, 0.29) is 0 Å². The van der Waals surface area contributed by atoms with Crippen molar-refractivity contribution in [3.05, 3.63) is 58.6 Å². The van der Waals surface area contributed by atoms with Gasteiger partial charge in [-0.3, -0.25) is 5.43 Å². The monoisotopic (exact) mass is 405 g/mol. The summed E-state index contributed by atoms with van der Waals surface area (Å²) in [6.45, 7) is 3.33. The van der Waals surface area contributed by atoms with Crippen LogP contribution >= 0.6 is 23.8 Å². The van der Waals surface area contributed by atoms with Gasteiger partial charge in [0.2, 0.25) is 0 Å². The molecule has 2 rings (SSSR count). The Balaban J connectivity index is 1.94. The molecule has 0 aliphatic rings. The second-order valence-corrected chi connectivity index (χ2v) is 6.59. The highest BCUT2D eigenvalue weighted by atomic mass is 35.5. The molecule has 0 radical (unpaired) electrons. The number of hydrogen-bond acceptors (Lipinski definition) is 4. The van der Waals surface area contributed by atoms with Crippen LogP contribution in [0.4, 0.5) is 0 Å². The van der Waals surface area contributed by atoms with Crippen LogP contribution in [0.15, 0.2) is 47.6 Å². The van der Waals surface area contributed by atoms with Gasteiger partial charge in [-0.1, -0.05) is 43.1 Å². The predicted molar refractivity (Wildman–Crippen MR) is 115 cm³/mol. The number of methoxy groups -OCH3 is 1. The average Bonchev–Trinajstić information content (AvgIpc) is 2.68. The first-order valence-corrected chi connectivity index (χ1v) is 9.53. The number of ether oxygens (including phenoxy) is 2. The molecule has 2 aromatic carbocycles. The molecule has 27 heavy (non-hydrogen) atoms. The summed E-state index contributed by atoms with van der Waals surface area (Å²) in [7, 11) is 1.60. The zero-order valence-corrected chi connectivity index (χ0v) is 17.1. The lowest BCUT2D eigenvalue weighted by Gasteiger charge is -2.12. The van der Waals surface area contributed by atoms with E-state index in [1.165, 1.54) is 0 Å². The lowest BCUT2D eigenvalue weighted by atomic mass is 10.2. The molecule has 0 aliphatic heterocycles. The highest BCUT2D eigenvalue weighted by molar-refractivity contribution is 7.80. The van der Waals surface area contributed by atoms with E-state index in [9.17, 15) is 0 Å². The third-order valence-electron chi connectivity index (χ3n) is 3.72. The summed E-state index contributed by atoms with van der Waals surface area (Å²) in [5.74, 6) is 1.26. The van der Waals surface area contributed by atoms with Gasteiger partial charge in [0.25, 0.3) is 0 Å². The van der Waals surface area contributed by atoms with Gasteiger partial charge in [-0.25, -0.2) is 0 Å². The van der Waals surface area contributed by atoms with E-state index >= 15 is 0 Å². The Morgan fingerprint density at radius 1 is 1.22 bits per heavy atom. The molecule has 0 fully saturated rings. The molecule has 0 amide bonds. The minimum absolute atomic E-state index is 0.364. The van der Waals surface area contributed by atoms with Crippen LogP contribution in [0.3, 0.4) is 0 Å². The molecule has 7 heteroatoms. The van der Waals surface area contributed by atoms with Crippen LogP contribution in [0.1, 0.15) is 30.9 Å². The van der Waals surface area contributed by atoms with Crippen molar-refractivity contribution >= 4 is 35.1 Å². The number of thiocarbonyl (C=S) groups is 1. The summed E-state index contributed by atoms with van der Waals surface area (Å²) in [5.41, 5.74) is 4.58. The first-order chi connectivity index (χ1) is 13.1. The predicted octanol–water partition coefficient (Wildman–Crippen LogP) is 4.53. The average molecular weight is 406 g/mol. The maximum atomic E-state index is 6.16. The quantitative estimate of drug-likeness (QED) is 0.278. The molecular formula is C20H24ClN3O2S. The van der Waals surface area contributed by atoms with Crippen molar-refractivity contribution in [3.8, 4) is 11.5 Å². The number of hydrazone groups is 1. The fraction of sp³-hybridized carbons (Fsp3) is 0.300. The third-order valence-corrected chi connectivity index (χ3v) is 4.33. The topological polar surface area (TPSA) is 54.9 Å². The number of nitrogens with zero attached hydrogens (tertiary/aromatic N) is 1. The van der Waals surface area contributed by atoms with Crippen LogP contribution < -0.4 is 20.2 Å². The van der Waals surface area contributed by atoms with Crippen LogP contribution in [0.2, 0.25) is 5.02 Å². The number of hydrogen-bond donors (Lipinski definition) is 2. The van der Waals surface area contributed by atoms with Gasteiger partial charge >= 0.3 is 0 Å². The van der Waals surface area contributed by atoms with Crippen LogP contribution in [0.25, 0.3) is 0 Å². The SMILES string of the molecule is CCCCNC(=S)NN=Cc1ccc(OCc2ccccc2Cl)c(OC)c1. The maximum Gasteiger partial charge on any atom is 0.186 e. The van der Waals surface area contributed by atoms with Crippen molar-refractivity contribution in [2.75, 3.05) is 13.7 Å². The summed E-state index contributed by atoms with van der Waals surface area (Å²) in [6.07, 6.45) is 3.86. The van der Waals surface area contributed by atoms with Crippen molar-refractivity contribution in [1.29, 1.82) is 0 Å². The fourth-order valence-corrected chi connectivity index (χ4v) is 2.58. The first kappa shape index (κ1) is 21.0. The van der Waals surface area contributed by atoms with Crippen molar-refractivity contribution in [2.45, 2.75) is 26.4 Å². The minimum Gasteiger partial charge on any atom is -0.493 e. The Morgan fingerprint density at radius 2 is 2.04 bits per heavy atom. The molecule has 0 spiro atoms. The Labute approximate surface area is 170 Å². The van der Waals surface area contributed by atoms with Crippen LogP contribution in [0.5, 0.6) is 11.5 Å². The molecule has 0 saturated carbocycles. The lowest BCUT2D eigenvalue weighted by Crippen LogP contribution is -2.32. The molecule has 0 aromatic heterocycles. The molecule has 0 saturated heterocycles. The van der Waals surface area contributed by atoms with E-state index in [4.69, 9.17) is 33.3 Å². The minimum atomic E-state index is 0.364. The molecular weight excluding hydrogens is 382 g/mol. The number of halogens is 1. The van der Waals surface area contributed by atoms with E-state index in [1.54, 1.807) is 13.3 Å². The largest absolute Gasteiger partial charge is 0.493 e. The van der Waals surface area contributed by atoms with Gasteiger partial charge < -0.3 is 14.8 Å². The molecule has 0 bridgehead atoms. The smallest absolute Gasteiger partial charge is 0.186 e. The van der Waals surface area contributed by atoms with Gasteiger partial charge in [-0.15, -0.1) is 0 Å². The van der Waals surface area contributed by atoms with Crippen LogP contribution in [-0.4, -0.2) is 25.0 Å². The molecule has 0 unspecified atom stereocenters. The molecule has 144 valence electrons. The van der Waals surface area contributed by atoms with Crippen molar-refractivity contribution in [1.82, 2.24) is 10.7 Å². The van der Waals surface area contributed by atoms with Gasteiger partial charge in [0.1, 0.15) is 6.61 Å². The van der Waals surface area contributed by atoms with E-state index in [0.717, 1.165) is 30.5 Å². The zero-order chi connectivity index (χ0) is 19.5. The number of nitrogens with one attached hydrogen (secondary N) is 2. The fourth-order valence-electron chi connectivity index (χ4n) is 2.24. The van der Waals surface area contributed by atoms with Gasteiger partial charge in [0.05, 0.1) is 13.3 Å². The summed E-state index contributed by atoms with van der Waals surface area (Å²) in [5, 5.41) is 8.41. The normalized spacial score (nSPS) is 10.6. The van der Waals surface area contributed by atoms with E-state index < -0.39 is 0 Å². The highest BCUT2D eigenvalue weighted by Gasteiger charge is 2.07. The molecule has 0 atom stereocenters.